The topological polar surface area (TPSA) is 60.2 Å². The van der Waals surface area contributed by atoms with Gasteiger partial charge < -0.3 is 0 Å². The monoisotopic (exact) mass is 273 g/mol. The normalized spacial score (nSPS) is 10.5. The van der Waals surface area contributed by atoms with Gasteiger partial charge in [-0.25, -0.2) is 0 Å². The molecule has 1 heterocycles. The van der Waals surface area contributed by atoms with Gasteiger partial charge in [0.2, 0.25) is 0 Å². The molecule has 0 aliphatic carbocycles. The summed E-state index contributed by atoms with van der Waals surface area (Å²) in [6.45, 7) is 3.55. The van der Waals surface area contributed by atoms with Crippen LogP contribution in [0.25, 0.3) is 0 Å². The molecule has 0 aliphatic rings. The number of hydrogen-bond acceptors (Lipinski definition) is 5. The maximum absolute atomic E-state index is 11.2. The second kappa shape index (κ2) is 6.76. The summed E-state index contributed by atoms with van der Waals surface area (Å²) in [4.78, 5) is 22.1. The van der Waals surface area contributed by atoms with Crippen LogP contribution in [0.15, 0.2) is 10.3 Å². The van der Waals surface area contributed by atoms with Crippen molar-refractivity contribution < 1.29 is 9.72 Å². The molecule has 0 bridgehead atoms. The maximum Gasteiger partial charge on any atom is 0.294 e. The highest BCUT2D eigenvalue weighted by Crippen LogP contribution is 2.38. The zero-order valence-corrected chi connectivity index (χ0v) is 11.5. The molecule has 0 amide bonds. The number of carbonyl (C=O) groups excluding carboxylic acids is 1. The van der Waals surface area contributed by atoms with Gasteiger partial charge in [-0.05, 0) is 19.1 Å². The Hall–Kier alpha value is -0.880. The molecule has 0 saturated carbocycles. The van der Waals surface area contributed by atoms with Crippen LogP contribution in [0.1, 0.15) is 42.8 Å². The quantitative estimate of drug-likeness (QED) is 0.246. The van der Waals surface area contributed by atoms with Gasteiger partial charge in [0.25, 0.3) is 5.69 Å². The molecule has 0 radical (unpaired) electrons. The van der Waals surface area contributed by atoms with E-state index in [9.17, 15) is 14.9 Å². The van der Waals surface area contributed by atoms with E-state index in [0.717, 1.165) is 25.0 Å². The predicted molar refractivity (Wildman–Crippen MR) is 71.2 cm³/mol. The van der Waals surface area contributed by atoms with Crippen LogP contribution in [0, 0.1) is 10.1 Å². The summed E-state index contributed by atoms with van der Waals surface area (Å²) >= 11 is 2.70. The molecule has 17 heavy (non-hydrogen) atoms. The average Bonchev–Trinajstić information content (AvgIpc) is 2.68. The van der Waals surface area contributed by atoms with Gasteiger partial charge in [-0.2, -0.15) is 0 Å². The van der Waals surface area contributed by atoms with Crippen LogP contribution in [0.4, 0.5) is 5.69 Å². The van der Waals surface area contributed by atoms with Crippen molar-refractivity contribution in [2.75, 3.05) is 5.75 Å². The molecule has 0 aromatic carbocycles. The largest absolute Gasteiger partial charge is 0.294 e. The van der Waals surface area contributed by atoms with Crippen LogP contribution in [0.5, 0.6) is 0 Å². The lowest BCUT2D eigenvalue weighted by molar-refractivity contribution is -0.387. The molecule has 4 nitrogen and oxygen atoms in total. The zero-order chi connectivity index (χ0) is 12.8. The summed E-state index contributed by atoms with van der Waals surface area (Å²) in [5, 5.41) is 10.8. The van der Waals surface area contributed by atoms with Crippen molar-refractivity contribution in [2.45, 2.75) is 37.3 Å². The number of Topliss-reactive ketones (excluding diaryl/α,β-unsaturated/α-hetero) is 1. The van der Waals surface area contributed by atoms with Crippen molar-refractivity contribution >= 4 is 34.6 Å². The minimum absolute atomic E-state index is 0.0710. The molecular formula is C11H15NO3S2. The second-order valence-corrected chi connectivity index (χ2v) is 6.07. The molecule has 0 fully saturated rings. The van der Waals surface area contributed by atoms with Gasteiger partial charge in [0.15, 0.2) is 5.78 Å². The minimum Gasteiger partial charge on any atom is -0.294 e. The number of ketones is 1. The average molecular weight is 273 g/mol. The van der Waals surface area contributed by atoms with Gasteiger partial charge in [0.1, 0.15) is 4.21 Å². The van der Waals surface area contributed by atoms with Crippen LogP contribution in [0.2, 0.25) is 0 Å². The SMILES string of the molecule is CCCCCSc1sc(C(C)=O)cc1[N+](=O)[O-]. The molecule has 94 valence electrons. The van der Waals surface area contributed by atoms with E-state index in [-0.39, 0.29) is 11.5 Å². The Balaban J connectivity index is 2.74. The van der Waals surface area contributed by atoms with Crippen LogP contribution >= 0.6 is 23.1 Å². The molecule has 0 atom stereocenters. The predicted octanol–water partition coefficient (Wildman–Crippen LogP) is 4.14. The first kappa shape index (κ1) is 14.2. The number of carbonyl (C=O) groups is 1. The summed E-state index contributed by atoms with van der Waals surface area (Å²) in [5.74, 6) is 0.755. The summed E-state index contributed by atoms with van der Waals surface area (Å²) in [6, 6.07) is 1.38. The van der Waals surface area contributed by atoms with Gasteiger partial charge in [-0.3, -0.25) is 14.9 Å². The van der Waals surface area contributed by atoms with E-state index >= 15 is 0 Å². The van der Waals surface area contributed by atoms with Crippen molar-refractivity contribution in [1.29, 1.82) is 0 Å². The van der Waals surface area contributed by atoms with E-state index in [2.05, 4.69) is 6.92 Å². The fourth-order valence-electron chi connectivity index (χ4n) is 1.29. The van der Waals surface area contributed by atoms with Crippen molar-refractivity contribution in [3.63, 3.8) is 0 Å². The highest BCUT2D eigenvalue weighted by atomic mass is 32.2. The Morgan fingerprint density at radius 2 is 2.24 bits per heavy atom. The summed E-state index contributed by atoms with van der Waals surface area (Å²) < 4.78 is 0.649. The fraction of sp³-hybridized carbons (Fsp3) is 0.545. The Kier molecular flexibility index (Phi) is 5.64. The van der Waals surface area contributed by atoms with E-state index in [1.54, 1.807) is 0 Å². The molecule has 0 aliphatic heterocycles. The fourth-order valence-corrected chi connectivity index (χ4v) is 3.61. The maximum atomic E-state index is 11.2. The number of thioether (sulfide) groups is 1. The minimum atomic E-state index is -0.412. The lowest BCUT2D eigenvalue weighted by atomic mass is 10.3. The molecule has 1 rings (SSSR count). The summed E-state index contributed by atoms with van der Waals surface area (Å²) in [7, 11) is 0. The lowest BCUT2D eigenvalue weighted by Gasteiger charge is -1.97. The molecule has 0 unspecified atom stereocenters. The zero-order valence-electron chi connectivity index (χ0n) is 9.89. The highest BCUT2D eigenvalue weighted by Gasteiger charge is 2.20. The van der Waals surface area contributed by atoms with E-state index in [1.165, 1.54) is 36.1 Å². The summed E-state index contributed by atoms with van der Waals surface area (Å²) in [5.41, 5.74) is 0.0710. The van der Waals surface area contributed by atoms with Crippen molar-refractivity contribution in [1.82, 2.24) is 0 Å². The van der Waals surface area contributed by atoms with E-state index in [1.807, 2.05) is 0 Å². The van der Waals surface area contributed by atoms with Gasteiger partial charge in [0, 0.05) is 6.07 Å². The van der Waals surface area contributed by atoms with Gasteiger partial charge in [0.05, 0.1) is 9.80 Å². The Labute approximate surface area is 109 Å². The Morgan fingerprint density at radius 1 is 1.53 bits per heavy atom. The molecule has 1 aromatic heterocycles. The third-order valence-electron chi connectivity index (χ3n) is 2.20. The first-order chi connectivity index (χ1) is 8.06. The first-order valence-electron chi connectivity index (χ1n) is 5.48. The lowest BCUT2D eigenvalue weighted by Crippen LogP contribution is -1.88. The summed E-state index contributed by atoms with van der Waals surface area (Å²) in [6.07, 6.45) is 3.31. The Morgan fingerprint density at radius 3 is 2.76 bits per heavy atom. The second-order valence-electron chi connectivity index (χ2n) is 3.65. The molecular weight excluding hydrogens is 258 g/mol. The smallest absolute Gasteiger partial charge is 0.294 e. The highest BCUT2D eigenvalue weighted by molar-refractivity contribution is 8.01. The number of rotatable bonds is 7. The molecule has 6 heteroatoms. The Bertz CT molecular complexity index is 415. The third-order valence-corrected chi connectivity index (χ3v) is 4.79. The van der Waals surface area contributed by atoms with Gasteiger partial charge in [-0.1, -0.05) is 19.8 Å². The van der Waals surface area contributed by atoms with Crippen LogP contribution < -0.4 is 0 Å². The van der Waals surface area contributed by atoms with E-state index < -0.39 is 4.92 Å². The van der Waals surface area contributed by atoms with Crippen LogP contribution in [0.3, 0.4) is 0 Å². The number of hydrogen-bond donors (Lipinski definition) is 0. The standard InChI is InChI=1S/C11H15NO3S2/c1-3-4-5-6-16-11-9(12(14)15)7-10(17-11)8(2)13/h7H,3-6H2,1-2H3. The number of nitrogens with zero attached hydrogens (tertiary/aromatic N) is 1. The van der Waals surface area contributed by atoms with E-state index in [4.69, 9.17) is 0 Å². The van der Waals surface area contributed by atoms with Gasteiger partial charge in [-0.15, -0.1) is 23.1 Å². The van der Waals surface area contributed by atoms with Crippen molar-refractivity contribution in [3.05, 3.63) is 21.1 Å². The van der Waals surface area contributed by atoms with E-state index in [0.29, 0.717) is 9.09 Å². The third kappa shape index (κ3) is 4.12. The molecule has 0 spiro atoms. The molecule has 1 aromatic rings. The number of thiophene rings is 1. The van der Waals surface area contributed by atoms with Crippen LogP contribution in [-0.4, -0.2) is 16.5 Å². The van der Waals surface area contributed by atoms with Crippen molar-refractivity contribution in [3.8, 4) is 0 Å². The molecule has 0 saturated heterocycles. The molecule has 0 N–H and O–H groups in total. The van der Waals surface area contributed by atoms with Crippen molar-refractivity contribution in [2.24, 2.45) is 0 Å². The number of unbranched alkanes of at least 4 members (excludes halogenated alkanes) is 2. The van der Waals surface area contributed by atoms with Gasteiger partial charge >= 0.3 is 0 Å². The van der Waals surface area contributed by atoms with Crippen LogP contribution in [-0.2, 0) is 0 Å². The number of nitro groups is 1. The first-order valence-corrected chi connectivity index (χ1v) is 7.28.